The summed E-state index contributed by atoms with van der Waals surface area (Å²) < 4.78 is 10.1. The van der Waals surface area contributed by atoms with E-state index < -0.39 is 0 Å². The van der Waals surface area contributed by atoms with Gasteiger partial charge in [-0.2, -0.15) is 8.75 Å². The number of hydrogen-bond donors (Lipinski definition) is 0. The van der Waals surface area contributed by atoms with Crippen LogP contribution < -0.4 is 0 Å². The monoisotopic (exact) mass is 368 g/mol. The van der Waals surface area contributed by atoms with E-state index in [2.05, 4.69) is 25.6 Å². The molecular weight excluding hydrogens is 348 g/mol. The summed E-state index contributed by atoms with van der Waals surface area (Å²) in [5.74, 6) is -0.161. The predicted octanol–water partition coefficient (Wildman–Crippen LogP) is 2.62. The minimum absolute atomic E-state index is 0.161. The summed E-state index contributed by atoms with van der Waals surface area (Å²) in [6.45, 7) is 8.89. The van der Waals surface area contributed by atoms with Crippen molar-refractivity contribution in [2.24, 2.45) is 0 Å². The average Bonchev–Trinajstić information content (AvgIpc) is 3.21. The van der Waals surface area contributed by atoms with Crippen molar-refractivity contribution in [3.8, 4) is 0 Å². The number of aryl methyl sites for hydroxylation is 1. The molecule has 26 heavy (non-hydrogen) atoms. The molecule has 134 valence electrons. The Morgan fingerprint density at radius 3 is 2.69 bits per heavy atom. The molecule has 2 heterocycles. The van der Waals surface area contributed by atoms with Gasteiger partial charge in [0.2, 0.25) is 0 Å². The van der Waals surface area contributed by atoms with Gasteiger partial charge in [-0.3, -0.25) is 4.79 Å². The summed E-state index contributed by atoms with van der Waals surface area (Å²) in [7, 11) is 0. The zero-order chi connectivity index (χ0) is 18.5. The first-order valence-electron chi connectivity index (χ1n) is 8.22. The standard InChI is InChI=1S/C18H20N6OS/c1-4-10-23(11-15-8-6-5-7-9-15)18(25)17-14(3)24(22-19-17)12-16-13(2)20-26-21-16/h4-9H,1,10-12H2,2-3H3. The first kappa shape index (κ1) is 17.9. The molecule has 0 aliphatic heterocycles. The molecule has 0 fully saturated rings. The first-order chi connectivity index (χ1) is 12.6. The molecule has 3 rings (SSSR count). The number of hydrogen-bond acceptors (Lipinski definition) is 6. The second-order valence-electron chi connectivity index (χ2n) is 5.94. The summed E-state index contributed by atoms with van der Waals surface area (Å²) in [5, 5.41) is 8.25. The lowest BCUT2D eigenvalue weighted by molar-refractivity contribution is 0.0756. The highest BCUT2D eigenvalue weighted by molar-refractivity contribution is 6.99. The summed E-state index contributed by atoms with van der Waals surface area (Å²) in [6, 6.07) is 9.85. The molecule has 0 saturated heterocycles. The maximum Gasteiger partial charge on any atom is 0.276 e. The Bertz CT molecular complexity index is 902. The molecule has 0 aliphatic rings. The van der Waals surface area contributed by atoms with Crippen LogP contribution in [0.1, 0.15) is 33.1 Å². The molecule has 0 saturated carbocycles. The number of amides is 1. The average molecular weight is 368 g/mol. The normalized spacial score (nSPS) is 10.7. The van der Waals surface area contributed by atoms with Gasteiger partial charge in [0.05, 0.1) is 35.4 Å². The summed E-state index contributed by atoms with van der Waals surface area (Å²) in [4.78, 5) is 14.7. The van der Waals surface area contributed by atoms with Gasteiger partial charge in [0.25, 0.3) is 5.91 Å². The number of aromatic nitrogens is 5. The van der Waals surface area contributed by atoms with Crippen molar-refractivity contribution in [2.75, 3.05) is 6.54 Å². The van der Waals surface area contributed by atoms with Crippen molar-refractivity contribution < 1.29 is 4.79 Å². The maximum absolute atomic E-state index is 13.0. The van der Waals surface area contributed by atoms with Crippen LogP contribution in [0.25, 0.3) is 0 Å². The van der Waals surface area contributed by atoms with E-state index in [9.17, 15) is 4.79 Å². The van der Waals surface area contributed by atoms with E-state index in [1.807, 2.05) is 44.2 Å². The molecule has 2 aromatic heterocycles. The van der Waals surface area contributed by atoms with E-state index in [1.165, 1.54) is 11.7 Å². The molecule has 0 radical (unpaired) electrons. The third kappa shape index (κ3) is 3.85. The molecule has 1 aromatic carbocycles. The predicted molar refractivity (Wildman–Crippen MR) is 99.9 cm³/mol. The zero-order valence-electron chi connectivity index (χ0n) is 14.8. The molecule has 0 unspecified atom stereocenters. The molecular formula is C18H20N6OS. The number of carbonyl (C=O) groups is 1. The molecule has 0 spiro atoms. The fraction of sp³-hybridized carbons (Fsp3) is 0.278. The van der Waals surface area contributed by atoms with Gasteiger partial charge in [0.15, 0.2) is 5.69 Å². The van der Waals surface area contributed by atoms with E-state index in [1.54, 1.807) is 15.7 Å². The van der Waals surface area contributed by atoms with Crippen molar-refractivity contribution >= 4 is 17.6 Å². The Morgan fingerprint density at radius 2 is 2.04 bits per heavy atom. The molecule has 7 nitrogen and oxygen atoms in total. The highest BCUT2D eigenvalue weighted by Crippen LogP contribution is 2.14. The van der Waals surface area contributed by atoms with Crippen molar-refractivity contribution in [3.63, 3.8) is 0 Å². The van der Waals surface area contributed by atoms with Crippen LogP contribution in [0.5, 0.6) is 0 Å². The smallest absolute Gasteiger partial charge is 0.276 e. The Morgan fingerprint density at radius 1 is 1.27 bits per heavy atom. The fourth-order valence-electron chi connectivity index (χ4n) is 2.57. The van der Waals surface area contributed by atoms with Gasteiger partial charge >= 0.3 is 0 Å². The van der Waals surface area contributed by atoms with Crippen LogP contribution in [0.4, 0.5) is 0 Å². The quantitative estimate of drug-likeness (QED) is 0.599. The lowest BCUT2D eigenvalue weighted by atomic mass is 10.2. The summed E-state index contributed by atoms with van der Waals surface area (Å²) in [5.41, 5.74) is 3.83. The Labute approximate surface area is 156 Å². The van der Waals surface area contributed by atoms with Crippen LogP contribution in [0.2, 0.25) is 0 Å². The second kappa shape index (κ2) is 8.01. The van der Waals surface area contributed by atoms with E-state index >= 15 is 0 Å². The summed E-state index contributed by atoms with van der Waals surface area (Å²) in [6.07, 6.45) is 1.71. The molecule has 0 aliphatic carbocycles. The lowest BCUT2D eigenvalue weighted by Gasteiger charge is -2.20. The Hall–Kier alpha value is -2.87. The SMILES string of the molecule is C=CCN(Cc1ccccc1)C(=O)c1nnn(Cc2nsnc2C)c1C. The zero-order valence-corrected chi connectivity index (χ0v) is 15.6. The minimum Gasteiger partial charge on any atom is -0.329 e. The van der Waals surface area contributed by atoms with Gasteiger partial charge in [0.1, 0.15) is 0 Å². The molecule has 0 atom stereocenters. The maximum atomic E-state index is 13.0. The van der Waals surface area contributed by atoms with Crippen LogP contribution in [0.3, 0.4) is 0 Å². The van der Waals surface area contributed by atoms with Crippen molar-refractivity contribution in [1.29, 1.82) is 0 Å². The topological polar surface area (TPSA) is 76.8 Å². The van der Waals surface area contributed by atoms with E-state index in [4.69, 9.17) is 0 Å². The van der Waals surface area contributed by atoms with Gasteiger partial charge < -0.3 is 4.90 Å². The largest absolute Gasteiger partial charge is 0.329 e. The van der Waals surface area contributed by atoms with E-state index in [0.717, 1.165) is 17.0 Å². The number of nitrogens with zero attached hydrogens (tertiary/aromatic N) is 6. The first-order valence-corrected chi connectivity index (χ1v) is 8.95. The van der Waals surface area contributed by atoms with Crippen molar-refractivity contribution in [1.82, 2.24) is 28.6 Å². The number of rotatable bonds is 7. The molecule has 1 amide bonds. The third-order valence-corrected chi connectivity index (χ3v) is 4.74. The number of carbonyl (C=O) groups excluding carboxylic acids is 1. The van der Waals surface area contributed by atoms with E-state index in [-0.39, 0.29) is 5.91 Å². The van der Waals surface area contributed by atoms with Gasteiger partial charge in [-0.25, -0.2) is 4.68 Å². The highest BCUT2D eigenvalue weighted by Gasteiger charge is 2.22. The van der Waals surface area contributed by atoms with Gasteiger partial charge in [-0.15, -0.1) is 11.7 Å². The second-order valence-corrected chi connectivity index (χ2v) is 6.47. The van der Waals surface area contributed by atoms with Crippen LogP contribution >= 0.6 is 11.7 Å². The van der Waals surface area contributed by atoms with Crippen molar-refractivity contribution in [2.45, 2.75) is 26.9 Å². The van der Waals surface area contributed by atoms with Crippen LogP contribution in [0.15, 0.2) is 43.0 Å². The van der Waals surface area contributed by atoms with Gasteiger partial charge in [-0.05, 0) is 19.4 Å². The van der Waals surface area contributed by atoms with Crippen LogP contribution in [-0.2, 0) is 13.1 Å². The lowest BCUT2D eigenvalue weighted by Crippen LogP contribution is -2.31. The highest BCUT2D eigenvalue weighted by atomic mass is 32.1. The molecule has 8 heteroatoms. The minimum atomic E-state index is -0.161. The van der Waals surface area contributed by atoms with Gasteiger partial charge in [0, 0.05) is 13.1 Å². The van der Waals surface area contributed by atoms with E-state index in [0.29, 0.717) is 31.0 Å². The van der Waals surface area contributed by atoms with Crippen LogP contribution in [-0.4, -0.2) is 41.1 Å². The van der Waals surface area contributed by atoms with Crippen molar-refractivity contribution in [3.05, 3.63) is 71.3 Å². The number of benzene rings is 1. The summed E-state index contributed by atoms with van der Waals surface area (Å²) >= 11 is 1.17. The molecule has 3 aromatic rings. The third-order valence-electron chi connectivity index (χ3n) is 4.08. The van der Waals surface area contributed by atoms with Crippen LogP contribution in [0, 0.1) is 13.8 Å². The Balaban J connectivity index is 1.81. The molecule has 0 N–H and O–H groups in total. The molecule has 0 bridgehead atoms. The fourth-order valence-corrected chi connectivity index (χ4v) is 3.13. The van der Waals surface area contributed by atoms with Gasteiger partial charge in [-0.1, -0.05) is 41.6 Å². The Kier molecular flexibility index (Phi) is 5.52.